The fourth-order valence-electron chi connectivity index (χ4n) is 2.49. The van der Waals surface area contributed by atoms with Crippen LogP contribution in [0.5, 0.6) is 0 Å². The van der Waals surface area contributed by atoms with E-state index in [1.54, 1.807) is 0 Å². The first kappa shape index (κ1) is 15.7. The van der Waals surface area contributed by atoms with Crippen LogP contribution in [0.25, 0.3) is 0 Å². The Bertz CT molecular complexity index is 383. The highest BCUT2D eigenvalue weighted by atomic mass is 32.1. The third kappa shape index (κ3) is 4.72. The van der Waals surface area contributed by atoms with Crippen molar-refractivity contribution in [2.45, 2.75) is 33.7 Å². The fraction of sp³-hybridized carbons (Fsp3) is 0.800. The molecule has 4 nitrogen and oxygen atoms in total. The summed E-state index contributed by atoms with van der Waals surface area (Å²) in [6.07, 6.45) is 3.29. The van der Waals surface area contributed by atoms with E-state index in [1.165, 1.54) is 36.1 Å². The Hall–Kier alpha value is -0.650. The van der Waals surface area contributed by atoms with Gasteiger partial charge in [0, 0.05) is 43.8 Å². The van der Waals surface area contributed by atoms with Crippen LogP contribution in [0.15, 0.2) is 6.20 Å². The number of anilines is 1. The summed E-state index contributed by atoms with van der Waals surface area (Å²) in [5.41, 5.74) is 0. The minimum absolute atomic E-state index is 0.703. The van der Waals surface area contributed by atoms with Crippen molar-refractivity contribution in [3.05, 3.63) is 11.1 Å². The van der Waals surface area contributed by atoms with Crippen LogP contribution in [0.1, 0.15) is 32.1 Å². The molecule has 1 saturated heterocycles. The highest BCUT2D eigenvalue weighted by Gasteiger charge is 2.18. The first-order chi connectivity index (χ1) is 9.69. The van der Waals surface area contributed by atoms with Gasteiger partial charge in [-0.2, -0.15) is 0 Å². The molecule has 0 unspecified atom stereocenters. The van der Waals surface area contributed by atoms with Gasteiger partial charge in [0.15, 0.2) is 5.13 Å². The second-order valence-electron chi connectivity index (χ2n) is 5.96. The first-order valence-electron chi connectivity index (χ1n) is 7.81. The van der Waals surface area contributed by atoms with E-state index in [1.807, 2.05) is 17.5 Å². The van der Waals surface area contributed by atoms with Crippen molar-refractivity contribution in [3.63, 3.8) is 0 Å². The zero-order valence-electron chi connectivity index (χ0n) is 13.1. The molecular formula is C15H28N4S. The summed E-state index contributed by atoms with van der Waals surface area (Å²) in [7, 11) is 0. The van der Waals surface area contributed by atoms with Crippen LogP contribution in [0.4, 0.5) is 5.13 Å². The van der Waals surface area contributed by atoms with E-state index in [2.05, 4.69) is 40.9 Å². The Morgan fingerprint density at radius 3 is 2.70 bits per heavy atom. The molecule has 0 atom stereocenters. The summed E-state index contributed by atoms with van der Waals surface area (Å²) in [5, 5.41) is 4.68. The van der Waals surface area contributed by atoms with Gasteiger partial charge in [-0.15, -0.1) is 11.3 Å². The maximum Gasteiger partial charge on any atom is 0.185 e. The SMILES string of the molecule is CCCN1CCN(c2ncc(CNCC(C)C)s2)CC1. The average molecular weight is 296 g/mol. The number of piperazine rings is 1. The number of nitrogens with one attached hydrogen (secondary N) is 1. The Morgan fingerprint density at radius 2 is 2.05 bits per heavy atom. The van der Waals surface area contributed by atoms with E-state index in [4.69, 9.17) is 0 Å². The number of hydrogen-bond donors (Lipinski definition) is 1. The summed E-state index contributed by atoms with van der Waals surface area (Å²) >= 11 is 1.84. The second kappa shape index (κ2) is 7.96. The molecule has 1 fully saturated rings. The Labute approximate surface area is 127 Å². The third-order valence-corrected chi connectivity index (χ3v) is 4.63. The highest BCUT2D eigenvalue weighted by molar-refractivity contribution is 7.15. The van der Waals surface area contributed by atoms with E-state index in [0.717, 1.165) is 26.2 Å². The minimum Gasteiger partial charge on any atom is -0.346 e. The lowest BCUT2D eigenvalue weighted by atomic mass is 10.2. The molecule has 114 valence electrons. The van der Waals surface area contributed by atoms with Crippen molar-refractivity contribution in [2.75, 3.05) is 44.2 Å². The lowest BCUT2D eigenvalue weighted by Gasteiger charge is -2.34. The topological polar surface area (TPSA) is 31.4 Å². The van der Waals surface area contributed by atoms with Crippen LogP contribution in [-0.4, -0.2) is 49.2 Å². The summed E-state index contributed by atoms with van der Waals surface area (Å²) in [6, 6.07) is 0. The molecule has 1 aliphatic rings. The van der Waals surface area contributed by atoms with Crippen molar-refractivity contribution >= 4 is 16.5 Å². The van der Waals surface area contributed by atoms with Crippen LogP contribution < -0.4 is 10.2 Å². The van der Waals surface area contributed by atoms with Crippen molar-refractivity contribution < 1.29 is 0 Å². The molecule has 1 N–H and O–H groups in total. The number of rotatable bonds is 7. The lowest BCUT2D eigenvalue weighted by molar-refractivity contribution is 0.258. The van der Waals surface area contributed by atoms with E-state index in [0.29, 0.717) is 5.92 Å². The number of thiazole rings is 1. The van der Waals surface area contributed by atoms with Gasteiger partial charge >= 0.3 is 0 Å². The lowest BCUT2D eigenvalue weighted by Crippen LogP contribution is -2.46. The van der Waals surface area contributed by atoms with Gasteiger partial charge in [0.05, 0.1) is 0 Å². The van der Waals surface area contributed by atoms with Crippen LogP contribution in [-0.2, 0) is 6.54 Å². The first-order valence-corrected chi connectivity index (χ1v) is 8.63. The maximum atomic E-state index is 4.59. The van der Waals surface area contributed by atoms with Gasteiger partial charge in [-0.1, -0.05) is 20.8 Å². The van der Waals surface area contributed by atoms with E-state index in [9.17, 15) is 0 Å². The standard InChI is InChI=1S/C15H28N4S/c1-4-5-18-6-8-19(9-7-18)15-17-12-14(20-15)11-16-10-13(2)3/h12-13,16H,4-11H2,1-3H3. The van der Waals surface area contributed by atoms with E-state index in [-0.39, 0.29) is 0 Å². The molecule has 20 heavy (non-hydrogen) atoms. The van der Waals surface area contributed by atoms with Gasteiger partial charge in [0.2, 0.25) is 0 Å². The van der Waals surface area contributed by atoms with E-state index < -0.39 is 0 Å². The quantitative estimate of drug-likeness (QED) is 0.837. The van der Waals surface area contributed by atoms with Gasteiger partial charge in [0.1, 0.15) is 0 Å². The van der Waals surface area contributed by atoms with E-state index >= 15 is 0 Å². The number of nitrogens with zero attached hydrogens (tertiary/aromatic N) is 3. The Morgan fingerprint density at radius 1 is 1.30 bits per heavy atom. The van der Waals surface area contributed by atoms with Crippen LogP contribution >= 0.6 is 11.3 Å². The highest BCUT2D eigenvalue weighted by Crippen LogP contribution is 2.23. The predicted octanol–water partition coefficient (Wildman–Crippen LogP) is 2.42. The number of aromatic nitrogens is 1. The zero-order chi connectivity index (χ0) is 14.4. The molecule has 2 rings (SSSR count). The molecule has 0 radical (unpaired) electrons. The Kier molecular flexibility index (Phi) is 6.26. The van der Waals surface area contributed by atoms with Crippen LogP contribution in [0.3, 0.4) is 0 Å². The van der Waals surface area contributed by atoms with Gasteiger partial charge in [-0.3, -0.25) is 4.90 Å². The Balaban J connectivity index is 1.78. The molecule has 0 saturated carbocycles. The van der Waals surface area contributed by atoms with Gasteiger partial charge in [-0.05, 0) is 25.4 Å². The molecule has 0 amide bonds. The van der Waals surface area contributed by atoms with Crippen molar-refractivity contribution in [1.82, 2.24) is 15.2 Å². The zero-order valence-corrected chi connectivity index (χ0v) is 13.9. The summed E-state index contributed by atoms with van der Waals surface area (Å²) in [6.45, 7) is 14.6. The molecule has 0 bridgehead atoms. The largest absolute Gasteiger partial charge is 0.346 e. The second-order valence-corrected chi connectivity index (χ2v) is 7.06. The third-order valence-electron chi connectivity index (χ3n) is 3.58. The summed E-state index contributed by atoms with van der Waals surface area (Å²) < 4.78 is 0. The molecule has 1 aromatic heterocycles. The molecular weight excluding hydrogens is 268 g/mol. The molecule has 1 aromatic rings. The smallest absolute Gasteiger partial charge is 0.185 e. The number of hydrogen-bond acceptors (Lipinski definition) is 5. The van der Waals surface area contributed by atoms with Crippen LogP contribution in [0.2, 0.25) is 0 Å². The predicted molar refractivity (Wildman–Crippen MR) is 87.6 cm³/mol. The van der Waals surface area contributed by atoms with Crippen molar-refractivity contribution in [3.8, 4) is 0 Å². The van der Waals surface area contributed by atoms with Crippen molar-refractivity contribution in [2.24, 2.45) is 5.92 Å². The molecule has 0 spiro atoms. The van der Waals surface area contributed by atoms with Gasteiger partial charge in [0.25, 0.3) is 0 Å². The van der Waals surface area contributed by atoms with Crippen LogP contribution in [0, 0.1) is 5.92 Å². The van der Waals surface area contributed by atoms with Gasteiger partial charge in [-0.25, -0.2) is 4.98 Å². The van der Waals surface area contributed by atoms with Crippen molar-refractivity contribution in [1.29, 1.82) is 0 Å². The fourth-order valence-corrected chi connectivity index (χ4v) is 3.42. The molecule has 1 aliphatic heterocycles. The molecule has 0 aliphatic carbocycles. The normalized spacial score (nSPS) is 17.1. The molecule has 5 heteroatoms. The summed E-state index contributed by atoms with van der Waals surface area (Å²) in [4.78, 5) is 10.9. The molecule has 0 aromatic carbocycles. The molecule has 2 heterocycles. The maximum absolute atomic E-state index is 4.59. The average Bonchev–Trinajstić information content (AvgIpc) is 2.88. The summed E-state index contributed by atoms with van der Waals surface area (Å²) in [5.74, 6) is 0.703. The minimum atomic E-state index is 0.703. The van der Waals surface area contributed by atoms with Gasteiger partial charge < -0.3 is 10.2 Å². The monoisotopic (exact) mass is 296 g/mol.